The molecule has 4 heteroatoms. The Balaban J connectivity index is 2.07. The van der Waals surface area contributed by atoms with Crippen molar-refractivity contribution in [2.24, 2.45) is 11.1 Å². The molecule has 0 saturated heterocycles. The molecule has 0 bridgehead atoms. The normalized spacial score (nSPS) is 17.6. The smallest absolute Gasteiger partial charge is 0.306 e. The number of carboxylic acid groups (broad SMARTS) is 1. The maximum atomic E-state index is 10.1. The number of oxime groups is 1. The minimum Gasteiger partial charge on any atom is -0.481 e. The number of carbonyl (C=O) groups is 1. The van der Waals surface area contributed by atoms with Crippen molar-refractivity contribution in [2.75, 3.05) is 6.61 Å². The first-order valence-electron chi connectivity index (χ1n) is 4.08. The first-order chi connectivity index (χ1) is 5.70. The molecule has 0 unspecified atom stereocenters. The molecule has 0 heterocycles. The van der Waals surface area contributed by atoms with Gasteiger partial charge in [0, 0.05) is 5.92 Å². The Morgan fingerprint density at radius 2 is 2.33 bits per heavy atom. The predicted octanol–water partition coefficient (Wildman–Crippen LogP) is 1.26. The summed E-state index contributed by atoms with van der Waals surface area (Å²) in [5.41, 5.74) is 0.986. The van der Waals surface area contributed by atoms with E-state index in [9.17, 15) is 4.79 Å². The number of aliphatic carboxylic acids is 1. The maximum Gasteiger partial charge on any atom is 0.306 e. The molecule has 1 aliphatic carbocycles. The van der Waals surface area contributed by atoms with E-state index in [2.05, 4.69) is 5.16 Å². The lowest BCUT2D eigenvalue weighted by Crippen LogP contribution is -2.02. The van der Waals surface area contributed by atoms with Crippen molar-refractivity contribution in [2.45, 2.75) is 26.2 Å². The zero-order valence-electron chi connectivity index (χ0n) is 7.12. The van der Waals surface area contributed by atoms with Gasteiger partial charge in [0.1, 0.15) is 6.61 Å². The summed E-state index contributed by atoms with van der Waals surface area (Å²) in [5, 5.41) is 12.1. The average molecular weight is 171 g/mol. The van der Waals surface area contributed by atoms with Gasteiger partial charge in [-0.15, -0.1) is 0 Å². The Bertz CT molecular complexity index is 196. The molecule has 12 heavy (non-hydrogen) atoms. The molecule has 0 aromatic heterocycles. The minimum absolute atomic E-state index is 0.0153. The van der Waals surface area contributed by atoms with Crippen LogP contribution in [-0.2, 0) is 9.63 Å². The third-order valence-electron chi connectivity index (χ3n) is 1.78. The summed E-state index contributed by atoms with van der Waals surface area (Å²) < 4.78 is 0. The van der Waals surface area contributed by atoms with Crippen molar-refractivity contribution in [3.8, 4) is 0 Å². The maximum absolute atomic E-state index is 10.1. The second-order valence-electron chi connectivity index (χ2n) is 2.98. The monoisotopic (exact) mass is 171 g/mol. The summed E-state index contributed by atoms with van der Waals surface area (Å²) >= 11 is 0. The number of carboxylic acids is 1. The molecule has 0 atom stereocenters. The average Bonchev–Trinajstić information content (AvgIpc) is 2.79. The second kappa shape index (κ2) is 4.09. The van der Waals surface area contributed by atoms with E-state index in [0.717, 1.165) is 5.71 Å². The molecular weight excluding hydrogens is 158 g/mol. The number of hydrogen-bond acceptors (Lipinski definition) is 3. The van der Waals surface area contributed by atoms with Gasteiger partial charge < -0.3 is 9.94 Å². The predicted molar refractivity (Wildman–Crippen MR) is 44.0 cm³/mol. The van der Waals surface area contributed by atoms with Crippen LogP contribution in [0.3, 0.4) is 0 Å². The Morgan fingerprint density at radius 1 is 1.67 bits per heavy atom. The highest BCUT2D eigenvalue weighted by Gasteiger charge is 2.24. The fraction of sp³-hybridized carbons (Fsp3) is 0.750. The number of nitrogens with zero attached hydrogens (tertiary/aromatic N) is 1. The quantitative estimate of drug-likeness (QED) is 0.385. The molecule has 0 spiro atoms. The largest absolute Gasteiger partial charge is 0.481 e. The minimum atomic E-state index is -0.853. The molecule has 0 amide bonds. The third-order valence-corrected chi connectivity index (χ3v) is 1.78. The fourth-order valence-electron chi connectivity index (χ4n) is 0.856. The van der Waals surface area contributed by atoms with Crippen LogP contribution in [0, 0.1) is 5.92 Å². The van der Waals surface area contributed by atoms with Crippen molar-refractivity contribution >= 4 is 11.7 Å². The molecule has 0 aliphatic heterocycles. The molecule has 0 aromatic carbocycles. The van der Waals surface area contributed by atoms with Gasteiger partial charge in [0.05, 0.1) is 12.1 Å². The zero-order chi connectivity index (χ0) is 8.97. The van der Waals surface area contributed by atoms with E-state index < -0.39 is 5.97 Å². The van der Waals surface area contributed by atoms with Crippen LogP contribution in [0.5, 0.6) is 0 Å². The summed E-state index contributed by atoms with van der Waals surface area (Å²) in [7, 11) is 0. The van der Waals surface area contributed by atoms with Crippen molar-refractivity contribution in [1.29, 1.82) is 0 Å². The zero-order valence-corrected chi connectivity index (χ0v) is 7.12. The van der Waals surface area contributed by atoms with Gasteiger partial charge in [-0.05, 0) is 19.8 Å². The van der Waals surface area contributed by atoms with Crippen LogP contribution in [0.25, 0.3) is 0 Å². The van der Waals surface area contributed by atoms with Crippen LogP contribution in [-0.4, -0.2) is 23.4 Å². The molecule has 0 radical (unpaired) electrons. The SMILES string of the molecule is C/C(=N/OCCC(=O)O)C1CC1. The van der Waals surface area contributed by atoms with Gasteiger partial charge in [0.15, 0.2) is 0 Å². The van der Waals surface area contributed by atoms with E-state index in [0.29, 0.717) is 5.92 Å². The van der Waals surface area contributed by atoms with E-state index in [4.69, 9.17) is 9.94 Å². The van der Waals surface area contributed by atoms with E-state index in [1.54, 1.807) is 0 Å². The molecule has 1 rings (SSSR count). The molecule has 1 aliphatic rings. The van der Waals surface area contributed by atoms with Crippen molar-refractivity contribution in [3.63, 3.8) is 0 Å². The lowest BCUT2D eigenvalue weighted by molar-refractivity contribution is -0.138. The van der Waals surface area contributed by atoms with Gasteiger partial charge in [-0.2, -0.15) is 0 Å². The molecule has 1 fully saturated rings. The van der Waals surface area contributed by atoms with Crippen molar-refractivity contribution in [3.05, 3.63) is 0 Å². The highest BCUT2D eigenvalue weighted by molar-refractivity contribution is 5.85. The van der Waals surface area contributed by atoms with Crippen LogP contribution in [0.2, 0.25) is 0 Å². The summed E-state index contributed by atoms with van der Waals surface area (Å²) in [6.07, 6.45) is 2.40. The second-order valence-corrected chi connectivity index (χ2v) is 2.98. The third kappa shape index (κ3) is 3.37. The van der Waals surface area contributed by atoms with Gasteiger partial charge in [-0.25, -0.2) is 0 Å². The first-order valence-corrected chi connectivity index (χ1v) is 4.08. The summed E-state index contributed by atoms with van der Waals surface area (Å²) in [6, 6.07) is 0. The topological polar surface area (TPSA) is 58.9 Å². The van der Waals surface area contributed by atoms with Gasteiger partial charge in [0.25, 0.3) is 0 Å². The standard InChI is InChI=1S/C8H13NO3/c1-6(7-2-3-7)9-12-5-4-8(10)11/h7H,2-5H2,1H3,(H,10,11)/b9-6-. The van der Waals surface area contributed by atoms with Crippen LogP contribution < -0.4 is 0 Å². The fourth-order valence-corrected chi connectivity index (χ4v) is 0.856. The van der Waals surface area contributed by atoms with Gasteiger partial charge in [-0.3, -0.25) is 4.79 Å². The van der Waals surface area contributed by atoms with E-state index >= 15 is 0 Å². The van der Waals surface area contributed by atoms with Crippen LogP contribution >= 0.6 is 0 Å². The lowest BCUT2D eigenvalue weighted by Gasteiger charge is -1.97. The molecule has 1 N–H and O–H groups in total. The Morgan fingerprint density at radius 3 is 2.83 bits per heavy atom. The van der Waals surface area contributed by atoms with Crippen LogP contribution in [0.1, 0.15) is 26.2 Å². The molecule has 4 nitrogen and oxygen atoms in total. The molecule has 0 aromatic rings. The summed E-state index contributed by atoms with van der Waals surface area (Å²) in [6.45, 7) is 2.08. The summed E-state index contributed by atoms with van der Waals surface area (Å²) in [5.74, 6) is -0.260. The molecule has 68 valence electrons. The Hall–Kier alpha value is -1.06. The lowest BCUT2D eigenvalue weighted by atomic mass is 10.3. The van der Waals surface area contributed by atoms with E-state index in [1.165, 1.54) is 12.8 Å². The highest BCUT2D eigenvalue weighted by atomic mass is 16.6. The van der Waals surface area contributed by atoms with Crippen molar-refractivity contribution < 1.29 is 14.7 Å². The van der Waals surface area contributed by atoms with E-state index in [1.807, 2.05) is 6.92 Å². The van der Waals surface area contributed by atoms with Crippen LogP contribution in [0.4, 0.5) is 0 Å². The van der Waals surface area contributed by atoms with Gasteiger partial charge in [0.2, 0.25) is 0 Å². The summed E-state index contributed by atoms with van der Waals surface area (Å²) in [4.78, 5) is 14.9. The van der Waals surface area contributed by atoms with Crippen LogP contribution in [0.15, 0.2) is 5.16 Å². The number of hydrogen-bond donors (Lipinski definition) is 1. The Kier molecular flexibility index (Phi) is 3.08. The number of rotatable bonds is 5. The Labute approximate surface area is 71.2 Å². The van der Waals surface area contributed by atoms with Crippen molar-refractivity contribution in [1.82, 2.24) is 0 Å². The highest BCUT2D eigenvalue weighted by Crippen LogP contribution is 2.30. The molecular formula is C8H13NO3. The van der Waals surface area contributed by atoms with Gasteiger partial charge in [-0.1, -0.05) is 5.16 Å². The van der Waals surface area contributed by atoms with E-state index in [-0.39, 0.29) is 13.0 Å². The molecule has 1 saturated carbocycles. The first kappa shape index (κ1) is 9.03. The van der Waals surface area contributed by atoms with Gasteiger partial charge >= 0.3 is 5.97 Å².